The second-order valence-electron chi connectivity index (χ2n) is 4.18. The Bertz CT molecular complexity index is 344. The summed E-state index contributed by atoms with van der Waals surface area (Å²) in [5, 5.41) is 6.40. The first-order valence-electron chi connectivity index (χ1n) is 7.00. The van der Waals surface area contributed by atoms with E-state index in [0.29, 0.717) is 6.61 Å². The fourth-order valence-corrected chi connectivity index (χ4v) is 1.63. The van der Waals surface area contributed by atoms with Crippen molar-refractivity contribution in [3.63, 3.8) is 0 Å². The van der Waals surface area contributed by atoms with Crippen molar-refractivity contribution in [3.05, 3.63) is 35.9 Å². The molecule has 0 amide bonds. The van der Waals surface area contributed by atoms with Gasteiger partial charge in [-0.15, -0.1) is 0 Å². The minimum absolute atomic E-state index is 0.678. The van der Waals surface area contributed by atoms with E-state index in [2.05, 4.69) is 41.6 Å². The number of hydrogen-bond donors (Lipinski definition) is 2. The molecule has 4 heteroatoms. The van der Waals surface area contributed by atoms with Crippen LogP contribution < -0.4 is 10.6 Å². The highest BCUT2D eigenvalue weighted by Crippen LogP contribution is 2.00. The summed E-state index contributed by atoms with van der Waals surface area (Å²) in [5.74, 6) is 0.882. The lowest BCUT2D eigenvalue weighted by Crippen LogP contribution is -2.37. The summed E-state index contributed by atoms with van der Waals surface area (Å²) in [6.07, 6.45) is 0.938. The summed E-state index contributed by atoms with van der Waals surface area (Å²) < 4.78 is 5.61. The molecule has 19 heavy (non-hydrogen) atoms. The van der Waals surface area contributed by atoms with Crippen molar-refractivity contribution in [1.29, 1.82) is 0 Å². The molecule has 0 heterocycles. The van der Waals surface area contributed by atoms with Crippen LogP contribution in [0.3, 0.4) is 0 Å². The summed E-state index contributed by atoms with van der Waals surface area (Å²) in [5.41, 5.74) is 1.21. The van der Waals surface area contributed by atoms with Crippen LogP contribution in [0.15, 0.2) is 35.3 Å². The molecule has 0 fully saturated rings. The molecule has 0 aromatic heterocycles. The van der Waals surface area contributed by atoms with Crippen LogP contribution in [0.25, 0.3) is 0 Å². The molecule has 2 N–H and O–H groups in total. The average Bonchev–Trinajstić information content (AvgIpc) is 2.44. The maximum Gasteiger partial charge on any atom is 0.191 e. The predicted octanol–water partition coefficient (Wildman–Crippen LogP) is 2.17. The van der Waals surface area contributed by atoms with E-state index in [0.717, 1.165) is 38.6 Å². The van der Waals surface area contributed by atoms with Gasteiger partial charge in [-0.3, -0.25) is 4.99 Å². The molecule has 0 spiro atoms. The Labute approximate surface area is 116 Å². The molecule has 0 unspecified atom stereocenters. The number of guanidine groups is 1. The highest BCUT2D eigenvalue weighted by molar-refractivity contribution is 5.79. The van der Waals surface area contributed by atoms with Crippen LogP contribution in [0, 0.1) is 0 Å². The van der Waals surface area contributed by atoms with Crippen LogP contribution >= 0.6 is 0 Å². The fraction of sp³-hybridized carbons (Fsp3) is 0.533. The van der Waals surface area contributed by atoms with Crippen molar-refractivity contribution in [2.24, 2.45) is 4.99 Å². The quantitative estimate of drug-likeness (QED) is 0.429. The van der Waals surface area contributed by atoms with Gasteiger partial charge in [-0.2, -0.15) is 0 Å². The molecule has 0 aliphatic rings. The lowest BCUT2D eigenvalue weighted by molar-refractivity contribution is 0.120. The maximum atomic E-state index is 5.61. The van der Waals surface area contributed by atoms with Gasteiger partial charge in [0.15, 0.2) is 5.96 Å². The molecule has 106 valence electrons. The summed E-state index contributed by atoms with van der Waals surface area (Å²) >= 11 is 0. The zero-order valence-corrected chi connectivity index (χ0v) is 12.0. The maximum absolute atomic E-state index is 5.61. The Balaban J connectivity index is 2.11. The van der Waals surface area contributed by atoms with Crippen molar-refractivity contribution < 1.29 is 4.74 Å². The van der Waals surface area contributed by atoms with E-state index in [4.69, 9.17) is 4.74 Å². The number of benzene rings is 1. The third-order valence-electron chi connectivity index (χ3n) is 2.52. The van der Waals surface area contributed by atoms with Crippen LogP contribution in [0.4, 0.5) is 0 Å². The molecule has 0 saturated carbocycles. The van der Waals surface area contributed by atoms with Crippen LogP contribution in [0.5, 0.6) is 0 Å². The monoisotopic (exact) mass is 263 g/mol. The molecule has 0 bridgehead atoms. The van der Waals surface area contributed by atoms with Gasteiger partial charge in [0.2, 0.25) is 0 Å². The van der Waals surface area contributed by atoms with Crippen molar-refractivity contribution >= 4 is 5.96 Å². The highest BCUT2D eigenvalue weighted by Gasteiger charge is 1.94. The molecule has 4 nitrogen and oxygen atoms in total. The lowest BCUT2D eigenvalue weighted by atomic mass is 10.2. The first kappa shape index (κ1) is 15.5. The zero-order valence-electron chi connectivity index (χ0n) is 12.0. The molecule has 1 aromatic carbocycles. The summed E-state index contributed by atoms with van der Waals surface area (Å²) in [6.45, 7) is 8.10. The Kier molecular flexibility index (Phi) is 8.47. The molecule has 1 rings (SSSR count). The van der Waals surface area contributed by atoms with Gasteiger partial charge in [0.05, 0.1) is 6.61 Å². The third-order valence-corrected chi connectivity index (χ3v) is 2.52. The van der Waals surface area contributed by atoms with E-state index in [1.165, 1.54) is 5.56 Å². The molecule has 0 radical (unpaired) electrons. The molecule has 0 saturated heterocycles. The summed E-state index contributed by atoms with van der Waals surface area (Å²) in [4.78, 5) is 4.46. The fourth-order valence-electron chi connectivity index (χ4n) is 1.63. The number of hydrogen-bond acceptors (Lipinski definition) is 2. The largest absolute Gasteiger partial charge is 0.377 e. The zero-order chi connectivity index (χ0) is 13.8. The lowest BCUT2D eigenvalue weighted by Gasteiger charge is -2.09. The summed E-state index contributed by atoms with van der Waals surface area (Å²) in [6, 6.07) is 10.2. The van der Waals surface area contributed by atoms with Crippen molar-refractivity contribution in [2.75, 3.05) is 26.2 Å². The van der Waals surface area contributed by atoms with Gasteiger partial charge >= 0.3 is 0 Å². The van der Waals surface area contributed by atoms with E-state index in [-0.39, 0.29) is 0 Å². The minimum atomic E-state index is 0.678. The van der Waals surface area contributed by atoms with Crippen molar-refractivity contribution in [2.45, 2.75) is 26.9 Å². The first-order chi connectivity index (χ1) is 9.36. The standard InChI is InChI=1S/C15H25N3O/c1-3-16-15(17-4-2)18-11-8-12-19-13-14-9-6-5-7-10-14/h5-7,9-10H,3-4,8,11-13H2,1-2H3,(H2,16,17,18). The molecular formula is C15H25N3O. The van der Waals surface area contributed by atoms with Crippen LogP contribution in [0.1, 0.15) is 25.8 Å². The second kappa shape index (κ2) is 10.4. The van der Waals surface area contributed by atoms with Gasteiger partial charge < -0.3 is 15.4 Å². The van der Waals surface area contributed by atoms with Crippen LogP contribution in [-0.2, 0) is 11.3 Å². The van der Waals surface area contributed by atoms with E-state index < -0.39 is 0 Å². The number of nitrogens with one attached hydrogen (secondary N) is 2. The van der Waals surface area contributed by atoms with Crippen molar-refractivity contribution in [1.82, 2.24) is 10.6 Å². The van der Waals surface area contributed by atoms with Crippen molar-refractivity contribution in [3.8, 4) is 0 Å². The Morgan fingerprint density at radius 3 is 2.42 bits per heavy atom. The van der Waals surface area contributed by atoms with Gasteiger partial charge in [-0.25, -0.2) is 0 Å². The molecule has 0 aliphatic carbocycles. The predicted molar refractivity (Wildman–Crippen MR) is 80.4 cm³/mol. The third kappa shape index (κ3) is 7.47. The normalized spacial score (nSPS) is 10.0. The van der Waals surface area contributed by atoms with Gasteiger partial charge in [-0.1, -0.05) is 30.3 Å². The highest BCUT2D eigenvalue weighted by atomic mass is 16.5. The molecule has 1 aromatic rings. The Hall–Kier alpha value is -1.55. The topological polar surface area (TPSA) is 45.7 Å². The Morgan fingerprint density at radius 2 is 1.79 bits per heavy atom. The van der Waals surface area contributed by atoms with Crippen LogP contribution in [-0.4, -0.2) is 32.2 Å². The number of rotatable bonds is 8. The average molecular weight is 263 g/mol. The molecule has 0 atom stereocenters. The number of nitrogens with zero attached hydrogens (tertiary/aromatic N) is 1. The first-order valence-corrected chi connectivity index (χ1v) is 7.00. The smallest absolute Gasteiger partial charge is 0.191 e. The van der Waals surface area contributed by atoms with E-state index in [1.807, 2.05) is 18.2 Å². The molecule has 0 aliphatic heterocycles. The van der Waals surface area contributed by atoms with E-state index in [9.17, 15) is 0 Å². The number of aliphatic imine (C=N–C) groups is 1. The van der Waals surface area contributed by atoms with E-state index >= 15 is 0 Å². The second-order valence-corrected chi connectivity index (χ2v) is 4.18. The Morgan fingerprint density at radius 1 is 1.11 bits per heavy atom. The SMILES string of the molecule is CCNC(=NCCCOCc1ccccc1)NCC. The number of ether oxygens (including phenoxy) is 1. The van der Waals surface area contributed by atoms with Gasteiger partial charge in [0.1, 0.15) is 0 Å². The van der Waals surface area contributed by atoms with Gasteiger partial charge in [0.25, 0.3) is 0 Å². The minimum Gasteiger partial charge on any atom is -0.377 e. The van der Waals surface area contributed by atoms with Gasteiger partial charge in [0, 0.05) is 26.2 Å². The molecular weight excluding hydrogens is 238 g/mol. The van der Waals surface area contributed by atoms with Crippen LogP contribution in [0.2, 0.25) is 0 Å². The summed E-state index contributed by atoms with van der Waals surface area (Å²) in [7, 11) is 0. The van der Waals surface area contributed by atoms with Gasteiger partial charge in [-0.05, 0) is 25.8 Å². The van der Waals surface area contributed by atoms with E-state index in [1.54, 1.807) is 0 Å².